The summed E-state index contributed by atoms with van der Waals surface area (Å²) in [5, 5.41) is 52.4. The standard InChI is InChI=1S/C22H28O5.C21H27FO5/c1-12-8-16-15-5-4-13-9-14(24)6-7-20(13,2)19(15)17(25)10-21(16,3)22(12,27)18(26)11-23;1-19-5-3-11(24)7-14(19)15(22)8-12-13-4-6-21(27,17(26)10-23)20(13,2)9-16(25)18(12)19/h6-7,9,12,15-16,19,23,27H,4-5,8,10-11H2,1-3H3;3,5,7,12-13,15-16,18,23,25,27H,4,6,8-10H2,1-2H3/t12-,15-,16-,19+,20-,21-,22-;12-,13-,15-,16-,18+,19-,20-,21-/m00/s1. The number of rotatable bonds is 4. The minimum Gasteiger partial charge on any atom is -0.393 e. The third-order valence-electron chi connectivity index (χ3n) is 16.6. The first kappa shape index (κ1) is 39.3. The van der Waals surface area contributed by atoms with E-state index in [0.717, 1.165) is 18.4 Å². The SMILES string of the molecule is C[C@H]1C[C@H]2[C@@H]3CCC4=CC(=O)C=C[C@]4(C)[C@H]3C(=O)C[C@]2(C)[C@@]1(O)C(=O)CO.C[C@]12C=CC(=O)C=C1[C@@H](F)C[C@@H]1[C@@H]2[C@@H](O)C[C@@]2(C)[C@H]1CC[C@]2(O)C(=O)CO. The summed E-state index contributed by atoms with van der Waals surface area (Å²) in [7, 11) is 0. The Bertz CT molecular complexity index is 1810. The molecule has 294 valence electrons. The molecular weight excluding hydrogens is 695 g/mol. The quantitative estimate of drug-likeness (QED) is 0.285. The Morgan fingerprint density at radius 1 is 0.833 bits per heavy atom. The van der Waals surface area contributed by atoms with E-state index in [-0.39, 0.29) is 84.5 Å². The van der Waals surface area contributed by atoms with Crippen LogP contribution in [0.3, 0.4) is 0 Å². The molecule has 11 heteroatoms. The van der Waals surface area contributed by atoms with Crippen molar-refractivity contribution in [3.63, 3.8) is 0 Å². The lowest BCUT2D eigenvalue weighted by Gasteiger charge is -2.60. The van der Waals surface area contributed by atoms with Crippen LogP contribution in [0, 0.1) is 63.1 Å². The number of allylic oxidation sites excluding steroid dienone is 8. The molecule has 0 aliphatic heterocycles. The highest BCUT2D eigenvalue weighted by molar-refractivity contribution is 6.02. The Hall–Kier alpha value is -2.96. The molecule has 0 aromatic rings. The highest BCUT2D eigenvalue weighted by atomic mass is 19.1. The predicted molar refractivity (Wildman–Crippen MR) is 194 cm³/mol. The molecule has 5 N–H and O–H groups in total. The van der Waals surface area contributed by atoms with Gasteiger partial charge in [-0.05, 0) is 104 Å². The molecule has 0 saturated heterocycles. The van der Waals surface area contributed by atoms with Crippen molar-refractivity contribution in [3.8, 4) is 0 Å². The maximum Gasteiger partial charge on any atom is 0.190 e. The van der Waals surface area contributed by atoms with Crippen LogP contribution in [0.2, 0.25) is 0 Å². The van der Waals surface area contributed by atoms with Crippen molar-refractivity contribution >= 4 is 28.9 Å². The van der Waals surface area contributed by atoms with Gasteiger partial charge < -0.3 is 25.5 Å². The number of alkyl halides is 1. The number of fused-ring (bicyclic) bond motifs is 10. The number of hydrogen-bond donors (Lipinski definition) is 5. The zero-order valence-electron chi connectivity index (χ0n) is 31.9. The molecule has 15 atom stereocenters. The van der Waals surface area contributed by atoms with E-state index < -0.39 is 69.9 Å². The van der Waals surface area contributed by atoms with Gasteiger partial charge in [0.25, 0.3) is 0 Å². The summed E-state index contributed by atoms with van der Waals surface area (Å²) in [6.45, 7) is 7.96. The van der Waals surface area contributed by atoms with Gasteiger partial charge in [0.15, 0.2) is 23.1 Å². The molecular formula is C43H55FO10. The van der Waals surface area contributed by atoms with E-state index in [2.05, 4.69) is 0 Å². The van der Waals surface area contributed by atoms with Gasteiger partial charge in [-0.1, -0.05) is 52.3 Å². The zero-order chi connectivity index (χ0) is 39.6. The predicted octanol–water partition coefficient (Wildman–Crippen LogP) is 3.52. The van der Waals surface area contributed by atoms with Gasteiger partial charge in [0.2, 0.25) is 0 Å². The van der Waals surface area contributed by atoms with Crippen molar-refractivity contribution in [1.29, 1.82) is 0 Å². The first-order valence-corrected chi connectivity index (χ1v) is 19.7. The fourth-order valence-corrected chi connectivity index (χ4v) is 14.0. The maximum atomic E-state index is 15.1. The van der Waals surface area contributed by atoms with Crippen LogP contribution in [0.5, 0.6) is 0 Å². The molecule has 0 bridgehead atoms. The summed E-state index contributed by atoms with van der Waals surface area (Å²) in [5.74, 6) is -2.42. The summed E-state index contributed by atoms with van der Waals surface area (Å²) in [5.41, 5.74) is -4.87. The molecule has 0 aromatic heterocycles. The van der Waals surface area contributed by atoms with Crippen LogP contribution in [0.25, 0.3) is 0 Å². The summed E-state index contributed by atoms with van der Waals surface area (Å²) < 4.78 is 15.1. The molecule has 8 aliphatic carbocycles. The number of aliphatic hydroxyl groups is 5. The van der Waals surface area contributed by atoms with Crippen LogP contribution in [0.4, 0.5) is 4.39 Å². The molecule has 0 amide bonds. The normalized spacial score (nSPS) is 49.9. The van der Waals surface area contributed by atoms with Crippen LogP contribution >= 0.6 is 0 Å². The highest BCUT2D eigenvalue weighted by Crippen LogP contribution is 2.69. The first-order valence-electron chi connectivity index (χ1n) is 19.7. The topological polar surface area (TPSA) is 186 Å². The van der Waals surface area contributed by atoms with E-state index in [1.807, 2.05) is 33.8 Å². The molecule has 0 unspecified atom stereocenters. The van der Waals surface area contributed by atoms with Crippen LogP contribution in [-0.4, -0.2) is 91.1 Å². The minimum absolute atomic E-state index is 0.0218. The van der Waals surface area contributed by atoms with Crippen molar-refractivity contribution in [2.45, 2.75) is 109 Å². The number of hydrogen-bond acceptors (Lipinski definition) is 10. The zero-order valence-corrected chi connectivity index (χ0v) is 31.9. The highest BCUT2D eigenvalue weighted by Gasteiger charge is 2.71. The second-order valence-corrected chi connectivity index (χ2v) is 18.8. The van der Waals surface area contributed by atoms with Crippen LogP contribution in [-0.2, 0) is 24.0 Å². The van der Waals surface area contributed by atoms with E-state index in [0.29, 0.717) is 18.4 Å². The minimum atomic E-state index is -1.69. The number of aliphatic hydroxyl groups excluding tert-OH is 3. The van der Waals surface area contributed by atoms with E-state index in [4.69, 9.17) is 0 Å². The number of carbonyl (C=O) groups is 5. The van der Waals surface area contributed by atoms with Gasteiger partial charge >= 0.3 is 0 Å². The molecule has 6 saturated carbocycles. The summed E-state index contributed by atoms with van der Waals surface area (Å²) >= 11 is 0. The fraction of sp³-hybridized carbons (Fsp3) is 0.698. The Balaban J connectivity index is 0.000000167. The van der Waals surface area contributed by atoms with E-state index in [9.17, 15) is 49.5 Å². The second kappa shape index (κ2) is 12.8. The molecule has 8 aliphatic rings. The Morgan fingerprint density at radius 3 is 2.11 bits per heavy atom. The number of Topliss-reactive ketones (excluding diaryl/α,β-unsaturated/α-hetero) is 3. The third kappa shape index (κ3) is 5.03. The molecule has 0 radical (unpaired) electrons. The molecule has 54 heavy (non-hydrogen) atoms. The van der Waals surface area contributed by atoms with Crippen LogP contribution in [0.15, 0.2) is 47.6 Å². The molecule has 8 rings (SSSR count). The average molecular weight is 751 g/mol. The van der Waals surface area contributed by atoms with Crippen molar-refractivity contribution in [2.24, 2.45) is 63.1 Å². The summed E-state index contributed by atoms with van der Waals surface area (Å²) in [6, 6.07) is 0. The lowest BCUT2D eigenvalue weighted by molar-refractivity contribution is -0.180. The van der Waals surface area contributed by atoms with E-state index >= 15 is 4.39 Å². The molecule has 0 spiro atoms. The Kier molecular flexibility index (Phi) is 9.30. The lowest BCUT2D eigenvalue weighted by atomic mass is 9.46. The van der Waals surface area contributed by atoms with Crippen molar-refractivity contribution in [1.82, 2.24) is 0 Å². The van der Waals surface area contributed by atoms with Crippen molar-refractivity contribution < 1.29 is 53.9 Å². The van der Waals surface area contributed by atoms with E-state index in [1.54, 1.807) is 25.2 Å². The fourth-order valence-electron chi connectivity index (χ4n) is 14.0. The van der Waals surface area contributed by atoms with E-state index in [1.165, 1.54) is 12.2 Å². The molecule has 0 aromatic carbocycles. The van der Waals surface area contributed by atoms with Gasteiger partial charge in [-0.3, -0.25) is 24.0 Å². The van der Waals surface area contributed by atoms with Gasteiger partial charge in [-0.15, -0.1) is 0 Å². The van der Waals surface area contributed by atoms with Gasteiger partial charge in [0.05, 0.1) is 6.10 Å². The second-order valence-electron chi connectivity index (χ2n) is 18.8. The Morgan fingerprint density at radius 2 is 1.46 bits per heavy atom. The van der Waals surface area contributed by atoms with Gasteiger partial charge in [0.1, 0.15) is 36.4 Å². The maximum absolute atomic E-state index is 15.1. The third-order valence-corrected chi connectivity index (χ3v) is 16.6. The summed E-state index contributed by atoms with van der Waals surface area (Å²) in [6.07, 6.45) is 11.0. The number of ketones is 5. The van der Waals surface area contributed by atoms with Crippen LogP contribution < -0.4 is 0 Å². The smallest absolute Gasteiger partial charge is 0.190 e. The monoisotopic (exact) mass is 750 g/mol. The summed E-state index contributed by atoms with van der Waals surface area (Å²) in [4.78, 5) is 61.9. The Labute approximate surface area is 315 Å². The van der Waals surface area contributed by atoms with Gasteiger partial charge in [-0.25, -0.2) is 4.39 Å². The molecule has 0 heterocycles. The first-order chi connectivity index (χ1) is 25.2. The van der Waals surface area contributed by atoms with Crippen molar-refractivity contribution in [2.75, 3.05) is 13.2 Å². The van der Waals surface area contributed by atoms with Gasteiger partial charge in [0, 0.05) is 39.9 Å². The molecule has 10 nitrogen and oxygen atoms in total. The van der Waals surface area contributed by atoms with Crippen LogP contribution in [0.1, 0.15) is 86.0 Å². The average Bonchev–Trinajstić information content (AvgIpc) is 3.50. The molecule has 6 fully saturated rings. The van der Waals surface area contributed by atoms with Gasteiger partial charge in [-0.2, -0.15) is 0 Å². The largest absolute Gasteiger partial charge is 0.393 e. The number of carbonyl (C=O) groups excluding carboxylic acids is 5. The lowest BCUT2D eigenvalue weighted by Crippen LogP contribution is -2.62. The number of halogens is 1. The van der Waals surface area contributed by atoms with Crippen molar-refractivity contribution in [3.05, 3.63) is 47.6 Å².